The van der Waals surface area contributed by atoms with E-state index < -0.39 is 12.0 Å². The first-order chi connectivity index (χ1) is 17.4. The number of carbonyl (C=O) groups excluding carboxylic acids is 1. The second-order valence-electron chi connectivity index (χ2n) is 9.26. The second kappa shape index (κ2) is 10.6. The number of nitrogens with one attached hydrogen (secondary N) is 1. The SMILES string of the molecule is Cn1cc(C(=O)NCc2ccc(Cl)cc2)c(=O)c2cc(CN3CCCC3[C@@H](O)c3ccccc3)sc21. The normalized spacial score (nSPS) is 16.9. The molecule has 0 saturated carbocycles. The number of likely N-dealkylation sites (tertiary alicyclic amines) is 1. The second-order valence-corrected chi connectivity index (χ2v) is 10.8. The molecule has 6 nitrogen and oxygen atoms in total. The van der Waals surface area contributed by atoms with Crippen LogP contribution in [-0.4, -0.2) is 33.1 Å². The van der Waals surface area contributed by atoms with Crippen LogP contribution in [0, 0.1) is 0 Å². The van der Waals surface area contributed by atoms with Gasteiger partial charge in [0.25, 0.3) is 5.91 Å². The van der Waals surface area contributed by atoms with Gasteiger partial charge in [-0.2, -0.15) is 0 Å². The molecule has 1 aliphatic rings. The van der Waals surface area contributed by atoms with Crippen molar-refractivity contribution in [1.82, 2.24) is 14.8 Å². The monoisotopic (exact) mass is 521 g/mol. The average Bonchev–Trinajstić information content (AvgIpc) is 3.54. The molecule has 5 rings (SSSR count). The molecule has 1 aliphatic heterocycles. The Bertz CT molecular complexity index is 1430. The van der Waals surface area contributed by atoms with E-state index in [1.54, 1.807) is 29.7 Å². The summed E-state index contributed by atoms with van der Waals surface area (Å²) in [7, 11) is 1.86. The first-order valence-electron chi connectivity index (χ1n) is 12.0. The molecule has 1 saturated heterocycles. The molecule has 2 aromatic heterocycles. The highest BCUT2D eigenvalue weighted by Gasteiger charge is 2.32. The van der Waals surface area contributed by atoms with Gasteiger partial charge in [0, 0.05) is 42.3 Å². The summed E-state index contributed by atoms with van der Waals surface area (Å²) in [6.07, 6.45) is 3.02. The number of carbonyl (C=O) groups is 1. The van der Waals surface area contributed by atoms with Crippen molar-refractivity contribution >= 4 is 39.1 Å². The van der Waals surface area contributed by atoms with Crippen LogP contribution in [0.2, 0.25) is 5.02 Å². The lowest BCUT2D eigenvalue weighted by Crippen LogP contribution is -2.33. The molecule has 0 aliphatic carbocycles. The topological polar surface area (TPSA) is 74.6 Å². The fourth-order valence-electron chi connectivity index (χ4n) is 4.91. The lowest BCUT2D eigenvalue weighted by molar-refractivity contribution is 0.0693. The summed E-state index contributed by atoms with van der Waals surface area (Å²) in [6, 6.07) is 18.9. The van der Waals surface area contributed by atoms with Crippen molar-refractivity contribution in [1.29, 1.82) is 0 Å². The maximum absolute atomic E-state index is 13.2. The molecule has 1 amide bonds. The van der Waals surface area contributed by atoms with Crippen molar-refractivity contribution < 1.29 is 9.90 Å². The highest BCUT2D eigenvalue weighted by molar-refractivity contribution is 7.18. The van der Waals surface area contributed by atoms with Gasteiger partial charge in [-0.15, -0.1) is 11.3 Å². The Labute approximate surface area is 218 Å². The number of nitrogens with zero attached hydrogens (tertiary/aromatic N) is 2. The number of aliphatic hydroxyl groups is 1. The van der Waals surface area contributed by atoms with E-state index in [2.05, 4.69) is 10.2 Å². The van der Waals surface area contributed by atoms with Gasteiger partial charge in [-0.3, -0.25) is 14.5 Å². The minimum Gasteiger partial charge on any atom is -0.387 e. The van der Waals surface area contributed by atoms with Crippen LogP contribution >= 0.6 is 22.9 Å². The molecule has 2 aromatic carbocycles. The van der Waals surface area contributed by atoms with Crippen molar-refractivity contribution in [2.45, 2.75) is 38.1 Å². The Balaban J connectivity index is 1.34. The number of aryl methyl sites for hydroxylation is 1. The Hall–Kier alpha value is -2.97. The lowest BCUT2D eigenvalue weighted by atomic mass is 10.0. The fraction of sp³-hybridized carbons (Fsp3) is 0.286. The molecule has 3 heterocycles. The largest absolute Gasteiger partial charge is 0.387 e. The van der Waals surface area contributed by atoms with E-state index >= 15 is 0 Å². The smallest absolute Gasteiger partial charge is 0.257 e. The fourth-order valence-corrected chi connectivity index (χ4v) is 6.15. The van der Waals surface area contributed by atoms with Crippen LogP contribution in [0.15, 0.2) is 71.7 Å². The van der Waals surface area contributed by atoms with Crippen LogP contribution in [0.25, 0.3) is 10.2 Å². The highest BCUT2D eigenvalue weighted by atomic mass is 35.5. The van der Waals surface area contributed by atoms with Crippen LogP contribution in [0.5, 0.6) is 0 Å². The van der Waals surface area contributed by atoms with Crippen LogP contribution in [-0.2, 0) is 20.1 Å². The van der Waals surface area contributed by atoms with Crippen LogP contribution in [0.4, 0.5) is 0 Å². The first kappa shape index (κ1) is 24.7. The van der Waals surface area contributed by atoms with E-state index in [9.17, 15) is 14.7 Å². The van der Waals surface area contributed by atoms with Crippen molar-refractivity contribution in [2.75, 3.05) is 6.54 Å². The molecular formula is C28H28ClN3O3S. The molecule has 36 heavy (non-hydrogen) atoms. The molecule has 0 radical (unpaired) electrons. The first-order valence-corrected chi connectivity index (χ1v) is 13.2. The van der Waals surface area contributed by atoms with Gasteiger partial charge in [0.15, 0.2) is 0 Å². The number of rotatable bonds is 7. The number of pyridine rings is 1. The quantitative estimate of drug-likeness (QED) is 0.363. The Morgan fingerprint density at radius 1 is 1.19 bits per heavy atom. The average molecular weight is 522 g/mol. The number of hydrogen-bond acceptors (Lipinski definition) is 5. The Kier molecular flexibility index (Phi) is 7.25. The third kappa shape index (κ3) is 5.11. The maximum Gasteiger partial charge on any atom is 0.257 e. The zero-order valence-corrected chi connectivity index (χ0v) is 21.6. The van der Waals surface area contributed by atoms with Crippen LogP contribution in [0.3, 0.4) is 0 Å². The van der Waals surface area contributed by atoms with Gasteiger partial charge in [-0.1, -0.05) is 54.1 Å². The summed E-state index contributed by atoms with van der Waals surface area (Å²) in [5.74, 6) is -0.397. The summed E-state index contributed by atoms with van der Waals surface area (Å²) >= 11 is 7.49. The zero-order chi connectivity index (χ0) is 25.2. The number of fused-ring (bicyclic) bond motifs is 1. The highest BCUT2D eigenvalue weighted by Crippen LogP contribution is 2.33. The summed E-state index contributed by atoms with van der Waals surface area (Å²) in [4.78, 5) is 30.3. The van der Waals surface area contributed by atoms with E-state index in [1.165, 1.54) is 0 Å². The third-order valence-electron chi connectivity index (χ3n) is 6.79. The summed E-state index contributed by atoms with van der Waals surface area (Å²) < 4.78 is 1.85. The standard InChI is InChI=1S/C28H28ClN3O3S/c1-31-17-23(27(35)30-15-18-9-11-20(29)12-10-18)26(34)22-14-21(36-28(22)31)16-32-13-5-8-24(32)25(33)19-6-3-2-4-7-19/h2-4,6-7,9-12,14,17,24-25,33H,5,8,13,15-16H2,1H3,(H,30,35)/t24?,25-/m0/s1. The van der Waals surface area contributed by atoms with Gasteiger partial charge in [-0.25, -0.2) is 0 Å². The molecule has 8 heteroatoms. The predicted octanol–water partition coefficient (Wildman–Crippen LogP) is 4.88. The maximum atomic E-state index is 13.2. The Morgan fingerprint density at radius 2 is 1.94 bits per heavy atom. The van der Waals surface area contributed by atoms with Crippen molar-refractivity contribution in [3.8, 4) is 0 Å². The molecule has 4 aromatic rings. The molecule has 1 unspecified atom stereocenters. The predicted molar refractivity (Wildman–Crippen MR) is 145 cm³/mol. The zero-order valence-electron chi connectivity index (χ0n) is 20.0. The molecule has 2 N–H and O–H groups in total. The summed E-state index contributed by atoms with van der Waals surface area (Å²) in [5, 5.41) is 15.0. The molecule has 1 fully saturated rings. The molecule has 0 bridgehead atoms. The number of aromatic nitrogens is 1. The van der Waals surface area contributed by atoms with Crippen molar-refractivity contribution in [2.24, 2.45) is 7.05 Å². The lowest BCUT2D eigenvalue weighted by Gasteiger charge is -2.28. The van der Waals surface area contributed by atoms with Gasteiger partial charge >= 0.3 is 0 Å². The molecule has 186 valence electrons. The van der Waals surface area contributed by atoms with E-state index in [4.69, 9.17) is 11.6 Å². The van der Waals surface area contributed by atoms with Crippen LogP contribution in [0.1, 0.15) is 45.3 Å². The number of halogens is 1. The van der Waals surface area contributed by atoms with Gasteiger partial charge in [-0.05, 0) is 48.7 Å². The van der Waals surface area contributed by atoms with Gasteiger partial charge in [0.1, 0.15) is 10.4 Å². The number of benzene rings is 2. The van der Waals surface area contributed by atoms with Crippen molar-refractivity contribution in [3.63, 3.8) is 0 Å². The minimum absolute atomic E-state index is 0.0345. The molecule has 0 spiro atoms. The number of hydrogen-bond donors (Lipinski definition) is 2. The Morgan fingerprint density at radius 3 is 2.69 bits per heavy atom. The van der Waals surface area contributed by atoms with Gasteiger partial charge in [0.2, 0.25) is 5.43 Å². The number of thiophene rings is 1. The van der Waals surface area contributed by atoms with Gasteiger partial charge in [0.05, 0.1) is 11.5 Å². The number of amides is 1. The third-order valence-corrected chi connectivity index (χ3v) is 8.25. The van der Waals surface area contributed by atoms with Gasteiger partial charge < -0.3 is 15.0 Å². The van der Waals surface area contributed by atoms with E-state index in [0.29, 0.717) is 23.5 Å². The minimum atomic E-state index is -0.551. The van der Waals surface area contributed by atoms with E-state index in [0.717, 1.165) is 40.2 Å². The number of aliphatic hydroxyl groups excluding tert-OH is 1. The van der Waals surface area contributed by atoms with Crippen LogP contribution < -0.4 is 10.7 Å². The summed E-state index contributed by atoms with van der Waals surface area (Å²) in [6.45, 7) is 1.87. The van der Waals surface area contributed by atoms with Crippen molar-refractivity contribution in [3.05, 3.63) is 104 Å². The van der Waals surface area contributed by atoms with E-state index in [1.807, 2.05) is 60.1 Å². The van der Waals surface area contributed by atoms with E-state index in [-0.39, 0.29) is 17.0 Å². The molecular weight excluding hydrogens is 494 g/mol. The molecule has 2 atom stereocenters. The summed E-state index contributed by atoms with van der Waals surface area (Å²) in [5.41, 5.74) is 1.69.